The lowest BCUT2D eigenvalue weighted by molar-refractivity contribution is 0.578. The highest BCUT2D eigenvalue weighted by Crippen LogP contribution is 2.13. The van der Waals surface area contributed by atoms with Crippen LogP contribution in [-0.4, -0.2) is 23.2 Å². The van der Waals surface area contributed by atoms with E-state index in [1.54, 1.807) is 19.2 Å². The lowest BCUT2D eigenvalue weighted by atomic mass is 10.3. The van der Waals surface area contributed by atoms with Crippen molar-refractivity contribution in [2.24, 2.45) is 12.9 Å². The van der Waals surface area contributed by atoms with Crippen molar-refractivity contribution < 1.29 is 8.42 Å². The molecule has 9 heteroatoms. The summed E-state index contributed by atoms with van der Waals surface area (Å²) in [6, 6.07) is 6.08. The molecule has 0 bridgehead atoms. The second-order valence-corrected chi connectivity index (χ2v) is 5.59. The first-order chi connectivity index (χ1) is 9.01. The molecule has 8 nitrogen and oxygen atoms in total. The van der Waals surface area contributed by atoms with E-state index < -0.39 is 10.0 Å². The Kier molecular flexibility index (Phi) is 3.79. The molecule has 0 aliphatic carbocycles. The zero-order valence-electron chi connectivity index (χ0n) is 10.2. The van der Waals surface area contributed by atoms with Crippen molar-refractivity contribution in [3.8, 4) is 0 Å². The summed E-state index contributed by atoms with van der Waals surface area (Å²) in [5.74, 6) is 5.62. The molecular weight excluding hydrogens is 268 g/mol. The van der Waals surface area contributed by atoms with Gasteiger partial charge in [0.15, 0.2) is 5.82 Å². The molecule has 1 aromatic carbocycles. The van der Waals surface area contributed by atoms with Crippen molar-refractivity contribution in [1.82, 2.24) is 19.5 Å². The normalized spacial score (nSPS) is 11.5. The highest BCUT2D eigenvalue weighted by molar-refractivity contribution is 7.89. The van der Waals surface area contributed by atoms with Crippen LogP contribution in [0.3, 0.4) is 0 Å². The number of rotatable bonds is 5. The maximum Gasteiger partial charge on any atom is 0.240 e. The first kappa shape index (κ1) is 13.5. The van der Waals surface area contributed by atoms with Crippen LogP contribution in [0.4, 0.5) is 5.69 Å². The summed E-state index contributed by atoms with van der Waals surface area (Å²) in [7, 11) is -1.87. The standard InChI is InChI=1S/C10H14N6O2S/c1-16-7-12-10(15-16)6-13-19(17,18)9-4-2-8(14-11)3-5-9/h2-5,7,13-14H,6,11H2,1H3. The van der Waals surface area contributed by atoms with Gasteiger partial charge in [-0.2, -0.15) is 5.10 Å². The molecule has 1 heterocycles. The Bertz CT molecular complexity index is 649. The van der Waals surface area contributed by atoms with Gasteiger partial charge in [0.2, 0.25) is 10.0 Å². The first-order valence-corrected chi connectivity index (χ1v) is 6.90. The van der Waals surface area contributed by atoms with Crippen LogP contribution >= 0.6 is 0 Å². The summed E-state index contributed by atoms with van der Waals surface area (Å²) in [5, 5.41) is 3.99. The summed E-state index contributed by atoms with van der Waals surface area (Å²) in [4.78, 5) is 4.09. The van der Waals surface area contributed by atoms with E-state index in [2.05, 4.69) is 20.2 Å². The summed E-state index contributed by atoms with van der Waals surface area (Å²) in [6.45, 7) is 0.0417. The Hall–Kier alpha value is -1.97. The van der Waals surface area contributed by atoms with Crippen molar-refractivity contribution in [1.29, 1.82) is 0 Å². The number of aryl methyl sites for hydroxylation is 1. The van der Waals surface area contributed by atoms with Gasteiger partial charge < -0.3 is 5.43 Å². The number of hydrazine groups is 1. The molecule has 0 spiro atoms. The molecule has 0 aliphatic heterocycles. The van der Waals surface area contributed by atoms with Crippen molar-refractivity contribution in [2.75, 3.05) is 5.43 Å². The molecule has 0 saturated heterocycles. The number of aromatic nitrogens is 3. The molecule has 0 radical (unpaired) electrons. The lowest BCUT2D eigenvalue weighted by Crippen LogP contribution is -2.24. The van der Waals surface area contributed by atoms with Gasteiger partial charge in [-0.3, -0.25) is 10.5 Å². The number of nitrogens with zero attached hydrogens (tertiary/aromatic N) is 3. The second kappa shape index (κ2) is 5.34. The second-order valence-electron chi connectivity index (χ2n) is 3.83. The number of sulfonamides is 1. The Morgan fingerprint density at radius 2 is 2.00 bits per heavy atom. The molecule has 1 aromatic heterocycles. The fourth-order valence-electron chi connectivity index (χ4n) is 1.44. The molecule has 0 aliphatic rings. The fourth-order valence-corrected chi connectivity index (χ4v) is 2.42. The van der Waals surface area contributed by atoms with Crippen LogP contribution in [0.15, 0.2) is 35.5 Å². The van der Waals surface area contributed by atoms with Crippen molar-refractivity contribution in [3.05, 3.63) is 36.4 Å². The molecule has 4 N–H and O–H groups in total. The largest absolute Gasteiger partial charge is 0.324 e. The minimum absolute atomic E-state index is 0.0417. The number of nitrogens with one attached hydrogen (secondary N) is 2. The topological polar surface area (TPSA) is 115 Å². The number of benzene rings is 1. The maximum atomic E-state index is 12.0. The number of hydrogen-bond acceptors (Lipinski definition) is 6. The first-order valence-electron chi connectivity index (χ1n) is 5.42. The summed E-state index contributed by atoms with van der Waals surface area (Å²) in [5.41, 5.74) is 3.06. The van der Waals surface area contributed by atoms with Gasteiger partial charge in [0, 0.05) is 12.7 Å². The molecule has 0 atom stereocenters. The van der Waals surface area contributed by atoms with Crippen molar-refractivity contribution in [3.63, 3.8) is 0 Å². The summed E-state index contributed by atoms with van der Waals surface area (Å²) in [6.07, 6.45) is 1.51. The lowest BCUT2D eigenvalue weighted by Gasteiger charge is -2.06. The molecule has 0 amide bonds. The van der Waals surface area contributed by atoms with Crippen LogP contribution in [-0.2, 0) is 23.6 Å². The third kappa shape index (κ3) is 3.28. The predicted octanol–water partition coefficient (Wildman–Crippen LogP) is -0.421. The van der Waals surface area contributed by atoms with Crippen LogP contribution in [0.25, 0.3) is 0 Å². The van der Waals surface area contributed by atoms with Gasteiger partial charge in [-0.25, -0.2) is 18.1 Å². The Morgan fingerprint density at radius 3 is 2.53 bits per heavy atom. The Labute approximate surface area is 110 Å². The minimum Gasteiger partial charge on any atom is -0.324 e. The average molecular weight is 282 g/mol. The Morgan fingerprint density at radius 1 is 1.32 bits per heavy atom. The number of nitrogens with two attached hydrogens (primary N) is 1. The Balaban J connectivity index is 2.09. The average Bonchev–Trinajstić information content (AvgIpc) is 2.82. The summed E-state index contributed by atoms with van der Waals surface area (Å²) < 4.78 is 27.9. The third-order valence-electron chi connectivity index (χ3n) is 2.40. The highest BCUT2D eigenvalue weighted by atomic mass is 32.2. The number of nitrogen functional groups attached to an aromatic ring is 1. The van der Waals surface area contributed by atoms with Crippen LogP contribution in [0.2, 0.25) is 0 Å². The minimum atomic E-state index is -3.58. The van der Waals surface area contributed by atoms with Gasteiger partial charge >= 0.3 is 0 Å². The smallest absolute Gasteiger partial charge is 0.240 e. The van der Waals surface area contributed by atoms with Gasteiger partial charge in [-0.05, 0) is 24.3 Å². The van der Waals surface area contributed by atoms with E-state index in [1.807, 2.05) is 0 Å². The van der Waals surface area contributed by atoms with Gasteiger partial charge in [-0.15, -0.1) is 0 Å². The third-order valence-corrected chi connectivity index (χ3v) is 3.82. The van der Waals surface area contributed by atoms with E-state index in [0.29, 0.717) is 11.5 Å². The molecule has 102 valence electrons. The SMILES string of the molecule is Cn1cnc(CNS(=O)(=O)c2ccc(NN)cc2)n1. The highest BCUT2D eigenvalue weighted by Gasteiger charge is 2.14. The number of hydrogen-bond donors (Lipinski definition) is 3. The van der Waals surface area contributed by atoms with Crippen LogP contribution in [0.1, 0.15) is 5.82 Å². The van der Waals surface area contributed by atoms with E-state index in [-0.39, 0.29) is 11.4 Å². The maximum absolute atomic E-state index is 12.0. The van der Waals surface area contributed by atoms with Crippen molar-refractivity contribution in [2.45, 2.75) is 11.4 Å². The van der Waals surface area contributed by atoms with E-state index in [0.717, 1.165) is 0 Å². The zero-order valence-corrected chi connectivity index (χ0v) is 11.1. The van der Waals surface area contributed by atoms with Gasteiger partial charge in [0.25, 0.3) is 0 Å². The van der Waals surface area contributed by atoms with Crippen LogP contribution in [0, 0.1) is 0 Å². The van der Waals surface area contributed by atoms with Gasteiger partial charge in [-0.1, -0.05) is 0 Å². The van der Waals surface area contributed by atoms with Crippen molar-refractivity contribution >= 4 is 15.7 Å². The molecule has 2 rings (SSSR count). The quantitative estimate of drug-likeness (QED) is 0.507. The summed E-state index contributed by atoms with van der Waals surface area (Å²) >= 11 is 0. The molecular formula is C10H14N6O2S. The van der Waals surface area contributed by atoms with E-state index in [4.69, 9.17) is 5.84 Å². The predicted molar refractivity (Wildman–Crippen MR) is 69.3 cm³/mol. The monoisotopic (exact) mass is 282 g/mol. The molecule has 0 saturated carbocycles. The fraction of sp³-hybridized carbons (Fsp3) is 0.200. The van der Waals surface area contributed by atoms with E-state index in [9.17, 15) is 8.42 Å². The van der Waals surface area contributed by atoms with Crippen LogP contribution < -0.4 is 16.0 Å². The zero-order chi connectivity index (χ0) is 13.9. The molecule has 0 fully saturated rings. The number of anilines is 1. The van der Waals surface area contributed by atoms with Crippen LogP contribution in [0.5, 0.6) is 0 Å². The van der Waals surface area contributed by atoms with E-state index >= 15 is 0 Å². The van der Waals surface area contributed by atoms with Gasteiger partial charge in [0.05, 0.1) is 11.4 Å². The van der Waals surface area contributed by atoms with Gasteiger partial charge in [0.1, 0.15) is 6.33 Å². The molecule has 0 unspecified atom stereocenters. The molecule has 19 heavy (non-hydrogen) atoms. The van der Waals surface area contributed by atoms with E-state index in [1.165, 1.54) is 23.1 Å². The molecule has 2 aromatic rings.